The summed E-state index contributed by atoms with van der Waals surface area (Å²) in [5.41, 5.74) is 1.27. The van der Waals surface area contributed by atoms with Gasteiger partial charge in [-0.25, -0.2) is 4.39 Å². The Hall–Kier alpha value is -1.66. The van der Waals surface area contributed by atoms with Crippen LogP contribution in [0, 0.1) is 5.82 Å². The molecule has 4 nitrogen and oxygen atoms in total. The Kier molecular flexibility index (Phi) is 5.91. The van der Waals surface area contributed by atoms with E-state index in [9.17, 15) is 9.18 Å². The maximum Gasteiger partial charge on any atom is 0.260 e. The van der Waals surface area contributed by atoms with E-state index in [1.807, 2.05) is 6.07 Å². The molecule has 0 spiro atoms. The molecule has 1 fully saturated rings. The number of benzene rings is 2. The third-order valence-corrected chi connectivity index (χ3v) is 4.67. The minimum atomic E-state index is -0.667. The number of amides is 1. The van der Waals surface area contributed by atoms with Gasteiger partial charge in [-0.2, -0.15) is 0 Å². The molecule has 25 heavy (non-hydrogen) atoms. The van der Waals surface area contributed by atoms with Crippen molar-refractivity contribution in [2.45, 2.75) is 6.54 Å². The second-order valence-corrected chi connectivity index (χ2v) is 6.56. The number of carbonyl (C=O) groups excluding carboxylic acids is 1. The standard InChI is InChI=1S/C18H17Cl2FN2O2/c19-14-2-1-3-16(21)17(14)18(24)22-13-5-4-12(15(20)10-13)11-23-6-8-25-9-7-23/h1-5,10H,6-9,11H2,(H,22,24). The first-order valence-corrected chi connectivity index (χ1v) is 8.64. The number of rotatable bonds is 4. The largest absolute Gasteiger partial charge is 0.379 e. The molecule has 2 aromatic carbocycles. The fourth-order valence-electron chi connectivity index (χ4n) is 2.66. The van der Waals surface area contributed by atoms with Crippen molar-refractivity contribution < 1.29 is 13.9 Å². The highest BCUT2D eigenvalue weighted by molar-refractivity contribution is 6.34. The van der Waals surface area contributed by atoms with Crippen LogP contribution in [0.15, 0.2) is 36.4 Å². The summed E-state index contributed by atoms with van der Waals surface area (Å²) in [5, 5.41) is 3.24. The molecule has 0 unspecified atom stereocenters. The summed E-state index contributed by atoms with van der Waals surface area (Å²) in [7, 11) is 0. The maximum atomic E-state index is 13.8. The number of anilines is 1. The van der Waals surface area contributed by atoms with Crippen molar-refractivity contribution in [1.29, 1.82) is 0 Å². The first kappa shape index (κ1) is 18.1. The third-order valence-electron chi connectivity index (χ3n) is 4.00. The summed E-state index contributed by atoms with van der Waals surface area (Å²) in [6.45, 7) is 3.88. The predicted molar refractivity (Wildman–Crippen MR) is 96.9 cm³/mol. The quantitative estimate of drug-likeness (QED) is 0.860. The fourth-order valence-corrected chi connectivity index (χ4v) is 3.15. The fraction of sp³-hybridized carbons (Fsp3) is 0.278. The molecule has 1 saturated heterocycles. The SMILES string of the molecule is O=C(Nc1ccc(CN2CCOCC2)c(Cl)c1)c1c(F)cccc1Cl. The van der Waals surface area contributed by atoms with Gasteiger partial charge in [0.05, 0.1) is 23.8 Å². The number of nitrogens with zero attached hydrogens (tertiary/aromatic N) is 1. The van der Waals surface area contributed by atoms with E-state index in [2.05, 4.69) is 10.2 Å². The highest BCUT2D eigenvalue weighted by atomic mass is 35.5. The summed E-state index contributed by atoms with van der Waals surface area (Å²) in [6, 6.07) is 9.37. The Morgan fingerprint density at radius 2 is 1.92 bits per heavy atom. The molecule has 0 saturated carbocycles. The summed E-state index contributed by atoms with van der Waals surface area (Å²) in [5.74, 6) is -1.28. The van der Waals surface area contributed by atoms with Crippen molar-refractivity contribution in [3.63, 3.8) is 0 Å². The van der Waals surface area contributed by atoms with E-state index < -0.39 is 11.7 Å². The molecule has 0 radical (unpaired) electrons. The lowest BCUT2D eigenvalue weighted by Gasteiger charge is -2.27. The molecular formula is C18H17Cl2FN2O2. The van der Waals surface area contributed by atoms with Crippen LogP contribution < -0.4 is 5.32 Å². The van der Waals surface area contributed by atoms with Crippen LogP contribution in [0.2, 0.25) is 10.0 Å². The van der Waals surface area contributed by atoms with Gasteiger partial charge in [-0.3, -0.25) is 9.69 Å². The summed E-state index contributed by atoms with van der Waals surface area (Å²) in [6.07, 6.45) is 0. The topological polar surface area (TPSA) is 41.6 Å². The number of morpholine rings is 1. The molecule has 0 bridgehead atoms. The van der Waals surface area contributed by atoms with Gasteiger partial charge in [0, 0.05) is 30.3 Å². The van der Waals surface area contributed by atoms with Gasteiger partial charge < -0.3 is 10.1 Å². The Balaban J connectivity index is 1.71. The number of ether oxygens (including phenoxy) is 1. The van der Waals surface area contributed by atoms with Crippen LogP contribution in [0.4, 0.5) is 10.1 Å². The van der Waals surface area contributed by atoms with E-state index in [0.29, 0.717) is 10.7 Å². The van der Waals surface area contributed by atoms with Crippen LogP contribution in [-0.2, 0) is 11.3 Å². The summed E-state index contributed by atoms with van der Waals surface area (Å²) in [4.78, 5) is 14.5. The van der Waals surface area contributed by atoms with Crippen molar-refractivity contribution in [3.05, 3.63) is 63.4 Å². The monoisotopic (exact) mass is 382 g/mol. The molecule has 1 aliphatic rings. The van der Waals surface area contributed by atoms with E-state index >= 15 is 0 Å². The first-order chi connectivity index (χ1) is 12.0. The van der Waals surface area contributed by atoms with Gasteiger partial charge in [0.15, 0.2) is 0 Å². The van der Waals surface area contributed by atoms with Crippen LogP contribution in [0.5, 0.6) is 0 Å². The van der Waals surface area contributed by atoms with E-state index in [1.165, 1.54) is 18.2 Å². The van der Waals surface area contributed by atoms with Crippen molar-refractivity contribution in [2.24, 2.45) is 0 Å². The Labute approximate surface area is 155 Å². The third kappa shape index (κ3) is 4.50. The van der Waals surface area contributed by atoms with Crippen molar-refractivity contribution >= 4 is 34.8 Å². The van der Waals surface area contributed by atoms with E-state index in [4.69, 9.17) is 27.9 Å². The maximum absolute atomic E-state index is 13.8. The second-order valence-electron chi connectivity index (χ2n) is 5.75. The molecule has 132 valence electrons. The molecule has 0 aromatic heterocycles. The van der Waals surface area contributed by atoms with Crippen LogP contribution in [0.3, 0.4) is 0 Å². The van der Waals surface area contributed by atoms with Crippen LogP contribution in [0.25, 0.3) is 0 Å². The van der Waals surface area contributed by atoms with Gasteiger partial charge in [0.25, 0.3) is 5.91 Å². The average Bonchev–Trinajstić information content (AvgIpc) is 2.58. The average molecular weight is 383 g/mol. The molecule has 1 aliphatic heterocycles. The summed E-state index contributed by atoms with van der Waals surface area (Å²) < 4.78 is 19.1. The van der Waals surface area contributed by atoms with Crippen molar-refractivity contribution in [1.82, 2.24) is 4.90 Å². The predicted octanol–water partition coefficient (Wildman–Crippen LogP) is 4.22. The van der Waals surface area contributed by atoms with Crippen LogP contribution >= 0.6 is 23.2 Å². The van der Waals surface area contributed by atoms with Gasteiger partial charge in [-0.15, -0.1) is 0 Å². The lowest BCUT2D eigenvalue weighted by atomic mass is 10.1. The molecule has 1 heterocycles. The van der Waals surface area contributed by atoms with Crippen LogP contribution in [0.1, 0.15) is 15.9 Å². The van der Waals surface area contributed by atoms with Crippen molar-refractivity contribution in [3.8, 4) is 0 Å². The minimum absolute atomic E-state index is 0.0625. The van der Waals surface area contributed by atoms with E-state index in [0.717, 1.165) is 38.4 Å². The highest BCUT2D eigenvalue weighted by Gasteiger charge is 2.17. The summed E-state index contributed by atoms with van der Waals surface area (Å²) >= 11 is 12.2. The molecule has 1 N–H and O–H groups in total. The van der Waals surface area contributed by atoms with Gasteiger partial charge >= 0.3 is 0 Å². The Morgan fingerprint density at radius 1 is 1.16 bits per heavy atom. The molecule has 0 atom stereocenters. The van der Waals surface area contributed by atoms with Crippen molar-refractivity contribution in [2.75, 3.05) is 31.6 Å². The highest BCUT2D eigenvalue weighted by Crippen LogP contribution is 2.25. The molecule has 1 amide bonds. The minimum Gasteiger partial charge on any atom is -0.379 e. The lowest BCUT2D eigenvalue weighted by molar-refractivity contribution is 0.0342. The van der Waals surface area contributed by atoms with E-state index in [1.54, 1.807) is 12.1 Å². The molecular weight excluding hydrogens is 366 g/mol. The number of halogens is 3. The van der Waals surface area contributed by atoms with Crippen LogP contribution in [-0.4, -0.2) is 37.1 Å². The number of carbonyl (C=O) groups is 1. The zero-order valence-electron chi connectivity index (χ0n) is 13.4. The van der Waals surface area contributed by atoms with Gasteiger partial charge in [-0.05, 0) is 29.8 Å². The molecule has 3 rings (SSSR count). The van der Waals surface area contributed by atoms with Gasteiger partial charge in [0.1, 0.15) is 5.82 Å². The smallest absolute Gasteiger partial charge is 0.260 e. The number of nitrogens with one attached hydrogen (secondary N) is 1. The molecule has 0 aliphatic carbocycles. The number of hydrogen-bond acceptors (Lipinski definition) is 3. The zero-order valence-corrected chi connectivity index (χ0v) is 14.9. The first-order valence-electron chi connectivity index (χ1n) is 7.88. The lowest BCUT2D eigenvalue weighted by Crippen LogP contribution is -2.35. The van der Waals surface area contributed by atoms with Gasteiger partial charge in [-0.1, -0.05) is 35.3 Å². The second kappa shape index (κ2) is 8.15. The van der Waals surface area contributed by atoms with Gasteiger partial charge in [0.2, 0.25) is 0 Å². The molecule has 7 heteroatoms. The zero-order chi connectivity index (χ0) is 17.8. The Morgan fingerprint density at radius 3 is 2.60 bits per heavy atom. The normalized spacial score (nSPS) is 15.2. The number of hydrogen-bond donors (Lipinski definition) is 1. The Bertz CT molecular complexity index is 759. The van der Waals surface area contributed by atoms with E-state index in [-0.39, 0.29) is 10.6 Å². The molecule has 2 aromatic rings.